The van der Waals surface area contributed by atoms with E-state index in [0.717, 1.165) is 30.5 Å². The molecule has 1 fully saturated rings. The second-order valence-corrected chi connectivity index (χ2v) is 7.86. The van der Waals surface area contributed by atoms with E-state index in [0.29, 0.717) is 23.9 Å². The number of nitrogens with zero attached hydrogens (tertiary/aromatic N) is 2. The van der Waals surface area contributed by atoms with E-state index < -0.39 is 10.0 Å². The van der Waals surface area contributed by atoms with Gasteiger partial charge in [0.05, 0.1) is 11.1 Å². The van der Waals surface area contributed by atoms with Crippen molar-refractivity contribution < 1.29 is 8.42 Å². The lowest BCUT2D eigenvalue weighted by molar-refractivity contribution is 0.264. The molecule has 1 unspecified atom stereocenters. The molecule has 1 saturated heterocycles. The Hall–Kier alpha value is -1.66. The van der Waals surface area contributed by atoms with Crippen LogP contribution in [0.15, 0.2) is 41.4 Å². The van der Waals surface area contributed by atoms with E-state index >= 15 is 0 Å². The summed E-state index contributed by atoms with van der Waals surface area (Å²) < 4.78 is 27.0. The number of piperidine rings is 1. The van der Waals surface area contributed by atoms with Gasteiger partial charge in [0.2, 0.25) is 10.0 Å². The molecule has 2 heterocycles. The molecule has 5 nitrogen and oxygen atoms in total. The molecule has 0 bridgehead atoms. The molecular formula is C16H21N3O2S. The number of nitrogens with one attached hydrogen (secondary N) is 1. The van der Waals surface area contributed by atoms with Crippen LogP contribution in [0.25, 0.3) is 0 Å². The smallest absolute Gasteiger partial charge is 0.243 e. The molecule has 3 rings (SSSR count). The van der Waals surface area contributed by atoms with Crippen molar-refractivity contribution in [1.29, 1.82) is 0 Å². The summed E-state index contributed by atoms with van der Waals surface area (Å²) in [5.74, 6) is 0.339. The van der Waals surface area contributed by atoms with Gasteiger partial charge in [-0.3, -0.25) is 5.10 Å². The highest BCUT2D eigenvalue weighted by atomic mass is 32.2. The summed E-state index contributed by atoms with van der Waals surface area (Å²) >= 11 is 0. The van der Waals surface area contributed by atoms with Crippen molar-refractivity contribution in [1.82, 2.24) is 14.5 Å². The summed E-state index contributed by atoms with van der Waals surface area (Å²) in [6.45, 7) is 3.21. The summed E-state index contributed by atoms with van der Waals surface area (Å²) in [6, 6.07) is 8.69. The van der Waals surface area contributed by atoms with E-state index in [2.05, 4.69) is 10.2 Å². The van der Waals surface area contributed by atoms with Crippen molar-refractivity contribution in [2.24, 2.45) is 5.92 Å². The van der Waals surface area contributed by atoms with Crippen LogP contribution in [0.4, 0.5) is 0 Å². The van der Waals surface area contributed by atoms with Crippen molar-refractivity contribution in [2.75, 3.05) is 13.1 Å². The van der Waals surface area contributed by atoms with Gasteiger partial charge in [-0.15, -0.1) is 0 Å². The van der Waals surface area contributed by atoms with E-state index in [9.17, 15) is 8.42 Å². The van der Waals surface area contributed by atoms with Crippen LogP contribution < -0.4 is 0 Å². The average Bonchev–Trinajstić information content (AvgIpc) is 2.94. The van der Waals surface area contributed by atoms with Gasteiger partial charge >= 0.3 is 0 Å². The molecule has 1 aromatic heterocycles. The van der Waals surface area contributed by atoms with Gasteiger partial charge < -0.3 is 0 Å². The van der Waals surface area contributed by atoms with Gasteiger partial charge in [-0.2, -0.15) is 9.40 Å². The number of hydrogen-bond donors (Lipinski definition) is 1. The molecule has 6 heteroatoms. The number of hydrogen-bond acceptors (Lipinski definition) is 3. The largest absolute Gasteiger partial charge is 0.282 e. The van der Waals surface area contributed by atoms with Crippen LogP contribution in [0.1, 0.15) is 24.1 Å². The zero-order valence-corrected chi connectivity index (χ0v) is 13.5. The lowest BCUT2D eigenvalue weighted by Gasteiger charge is -2.31. The Morgan fingerprint density at radius 1 is 1.32 bits per heavy atom. The average molecular weight is 319 g/mol. The van der Waals surface area contributed by atoms with Crippen LogP contribution >= 0.6 is 0 Å². The van der Waals surface area contributed by atoms with Crippen LogP contribution in [0.5, 0.6) is 0 Å². The topological polar surface area (TPSA) is 66.1 Å². The number of sulfonamides is 1. The summed E-state index contributed by atoms with van der Waals surface area (Å²) in [4.78, 5) is 0.383. The molecule has 0 radical (unpaired) electrons. The fourth-order valence-corrected chi connectivity index (χ4v) is 4.60. The number of aromatic nitrogens is 2. The zero-order chi connectivity index (χ0) is 15.6. The predicted molar refractivity (Wildman–Crippen MR) is 85.0 cm³/mol. The molecular weight excluding hydrogens is 298 g/mol. The number of benzene rings is 1. The van der Waals surface area contributed by atoms with E-state index in [1.165, 1.54) is 0 Å². The molecule has 1 aliphatic heterocycles. The Morgan fingerprint density at radius 2 is 2.09 bits per heavy atom. The molecule has 22 heavy (non-hydrogen) atoms. The van der Waals surface area contributed by atoms with Gasteiger partial charge in [0.15, 0.2) is 0 Å². The van der Waals surface area contributed by atoms with E-state index in [1.54, 1.807) is 28.6 Å². The number of H-pyrrole nitrogens is 1. The molecule has 1 N–H and O–H groups in total. The van der Waals surface area contributed by atoms with E-state index in [1.807, 2.05) is 19.2 Å². The summed E-state index contributed by atoms with van der Waals surface area (Å²) in [5, 5.41) is 7.07. The maximum Gasteiger partial charge on any atom is 0.243 e. The van der Waals surface area contributed by atoms with Gasteiger partial charge in [0.1, 0.15) is 0 Å². The van der Waals surface area contributed by atoms with Gasteiger partial charge in [0.25, 0.3) is 0 Å². The zero-order valence-electron chi connectivity index (χ0n) is 12.7. The van der Waals surface area contributed by atoms with Crippen LogP contribution in [-0.4, -0.2) is 36.0 Å². The molecule has 1 aliphatic rings. The number of rotatable bonds is 4. The minimum absolute atomic E-state index is 0.339. The quantitative estimate of drug-likeness (QED) is 0.941. The predicted octanol–water partition coefficient (Wildman–Crippen LogP) is 2.36. The van der Waals surface area contributed by atoms with Gasteiger partial charge in [-0.1, -0.05) is 18.2 Å². The highest BCUT2D eigenvalue weighted by Gasteiger charge is 2.30. The molecule has 0 saturated carbocycles. The minimum atomic E-state index is -3.38. The van der Waals surface area contributed by atoms with Crippen molar-refractivity contribution in [2.45, 2.75) is 31.1 Å². The molecule has 0 spiro atoms. The van der Waals surface area contributed by atoms with Crippen LogP contribution in [0, 0.1) is 12.8 Å². The lowest BCUT2D eigenvalue weighted by Crippen LogP contribution is -2.40. The minimum Gasteiger partial charge on any atom is -0.282 e. The van der Waals surface area contributed by atoms with Crippen molar-refractivity contribution in [3.8, 4) is 0 Å². The first-order chi connectivity index (χ1) is 10.6. The summed E-state index contributed by atoms with van der Waals surface area (Å²) in [5.41, 5.74) is 2.26. The van der Waals surface area contributed by atoms with Crippen LogP contribution in [-0.2, 0) is 16.4 Å². The van der Waals surface area contributed by atoms with E-state index in [-0.39, 0.29) is 0 Å². The molecule has 1 atom stereocenters. The molecule has 0 aliphatic carbocycles. The monoisotopic (exact) mass is 319 g/mol. The molecule has 0 amide bonds. The maximum absolute atomic E-state index is 12.7. The second-order valence-electron chi connectivity index (χ2n) is 5.92. The lowest BCUT2D eigenvalue weighted by atomic mass is 9.94. The molecule has 2 aromatic rings. The van der Waals surface area contributed by atoms with Crippen LogP contribution in [0.3, 0.4) is 0 Å². The third-order valence-electron chi connectivity index (χ3n) is 4.29. The SMILES string of the molecule is Cc1cn[nH]c1CC1CCCN(S(=O)(=O)c2ccccc2)C1. The van der Waals surface area contributed by atoms with Gasteiger partial charge in [0, 0.05) is 18.8 Å². The first kappa shape index (κ1) is 15.2. The number of aryl methyl sites for hydroxylation is 1. The Morgan fingerprint density at radius 3 is 2.77 bits per heavy atom. The maximum atomic E-state index is 12.7. The standard InChI is InChI=1S/C16H21N3O2S/c1-13-11-17-18-16(13)10-14-6-5-9-19(12-14)22(20,21)15-7-3-2-4-8-15/h2-4,7-8,11,14H,5-6,9-10,12H2,1H3,(H,17,18). The molecule has 118 valence electrons. The first-order valence-corrected chi connectivity index (χ1v) is 9.05. The highest BCUT2D eigenvalue weighted by Crippen LogP contribution is 2.26. The van der Waals surface area contributed by atoms with Gasteiger partial charge in [-0.05, 0) is 49.8 Å². The van der Waals surface area contributed by atoms with Gasteiger partial charge in [-0.25, -0.2) is 8.42 Å². The third-order valence-corrected chi connectivity index (χ3v) is 6.17. The second kappa shape index (κ2) is 6.22. The van der Waals surface area contributed by atoms with Crippen molar-refractivity contribution in [3.05, 3.63) is 47.8 Å². The van der Waals surface area contributed by atoms with E-state index in [4.69, 9.17) is 0 Å². The van der Waals surface area contributed by atoms with Crippen LogP contribution in [0.2, 0.25) is 0 Å². The van der Waals surface area contributed by atoms with Crippen molar-refractivity contribution >= 4 is 10.0 Å². The number of aromatic amines is 1. The Bertz CT molecular complexity index is 725. The Labute approximate surface area is 131 Å². The fraction of sp³-hybridized carbons (Fsp3) is 0.438. The molecule has 1 aromatic carbocycles. The Balaban J connectivity index is 1.74. The van der Waals surface area contributed by atoms with Crippen molar-refractivity contribution in [3.63, 3.8) is 0 Å². The summed E-state index contributed by atoms with van der Waals surface area (Å²) in [7, 11) is -3.38. The highest BCUT2D eigenvalue weighted by molar-refractivity contribution is 7.89. The Kier molecular flexibility index (Phi) is 4.31. The summed E-state index contributed by atoms with van der Waals surface area (Å²) in [6.07, 6.45) is 4.63. The fourth-order valence-electron chi connectivity index (χ4n) is 3.02. The third kappa shape index (κ3) is 3.08. The normalized spacial score (nSPS) is 20.1. The first-order valence-electron chi connectivity index (χ1n) is 7.61.